The number of nitro benzene ring substituents is 2. The molecule has 0 bridgehead atoms. The molecule has 0 aliphatic carbocycles. The zero-order valence-corrected chi connectivity index (χ0v) is 13.9. The second kappa shape index (κ2) is 8.47. The smallest absolute Gasteiger partial charge is 0.267 e. The number of carbonyl (C=O) groups excluding carboxylic acids is 1. The Balaban J connectivity index is 2.20. The quantitative estimate of drug-likeness (QED) is 0.463. The largest absolute Gasteiger partial charge is 0.277 e. The maximum Gasteiger partial charge on any atom is 0.277 e. The molecule has 2 rings (SSSR count). The number of carbonyl (C=O) groups is 1. The number of nitrogens with zero attached hydrogens (tertiary/aromatic N) is 3. The first-order valence-electron chi connectivity index (χ1n) is 7.74. The monoisotopic (exact) mass is 356 g/mol. The lowest BCUT2D eigenvalue weighted by atomic mass is 10.1. The maximum absolute atomic E-state index is 12.2. The molecular weight excluding hydrogens is 340 g/mol. The molecule has 26 heavy (non-hydrogen) atoms. The van der Waals surface area contributed by atoms with Crippen molar-refractivity contribution < 1.29 is 14.6 Å². The molecule has 0 saturated heterocycles. The van der Waals surface area contributed by atoms with E-state index in [2.05, 4.69) is 10.5 Å². The summed E-state index contributed by atoms with van der Waals surface area (Å²) in [6.45, 7) is 1.88. The predicted molar refractivity (Wildman–Crippen MR) is 95.1 cm³/mol. The van der Waals surface area contributed by atoms with Crippen LogP contribution in [0.3, 0.4) is 0 Å². The van der Waals surface area contributed by atoms with Crippen molar-refractivity contribution >= 4 is 23.0 Å². The Bertz CT molecular complexity index is 832. The molecule has 9 heteroatoms. The van der Waals surface area contributed by atoms with Crippen molar-refractivity contribution in [3.63, 3.8) is 0 Å². The Kier molecular flexibility index (Phi) is 6.10. The molecule has 0 aromatic heterocycles. The van der Waals surface area contributed by atoms with E-state index in [1.165, 1.54) is 0 Å². The van der Waals surface area contributed by atoms with E-state index in [1.807, 2.05) is 37.3 Å². The van der Waals surface area contributed by atoms with E-state index >= 15 is 0 Å². The zero-order chi connectivity index (χ0) is 19.1. The molecule has 134 valence electrons. The first-order valence-corrected chi connectivity index (χ1v) is 7.74. The van der Waals surface area contributed by atoms with E-state index in [0.29, 0.717) is 18.6 Å². The summed E-state index contributed by atoms with van der Waals surface area (Å²) in [5, 5.41) is 25.8. The van der Waals surface area contributed by atoms with Gasteiger partial charge in [0.05, 0.1) is 21.5 Å². The molecule has 9 nitrogen and oxygen atoms in total. The number of nitrogens with one attached hydrogen (secondary N) is 1. The van der Waals surface area contributed by atoms with Crippen molar-refractivity contribution in [2.75, 3.05) is 0 Å². The molecule has 0 saturated carbocycles. The number of rotatable bonds is 7. The van der Waals surface area contributed by atoms with Crippen molar-refractivity contribution in [3.05, 3.63) is 79.9 Å². The third kappa shape index (κ3) is 4.94. The number of hydrazone groups is 1. The van der Waals surface area contributed by atoms with Gasteiger partial charge in [-0.1, -0.05) is 37.3 Å². The minimum Gasteiger partial charge on any atom is -0.267 e. The van der Waals surface area contributed by atoms with Crippen LogP contribution in [-0.4, -0.2) is 21.5 Å². The molecule has 0 heterocycles. The van der Waals surface area contributed by atoms with E-state index in [9.17, 15) is 25.0 Å². The Labute approximate surface area is 148 Å². The van der Waals surface area contributed by atoms with Crippen LogP contribution < -0.4 is 5.43 Å². The van der Waals surface area contributed by atoms with Gasteiger partial charge in [-0.3, -0.25) is 25.0 Å². The Morgan fingerprint density at radius 2 is 1.62 bits per heavy atom. The Morgan fingerprint density at radius 1 is 1.04 bits per heavy atom. The van der Waals surface area contributed by atoms with Gasteiger partial charge in [0.15, 0.2) is 0 Å². The normalized spacial score (nSPS) is 11.0. The van der Waals surface area contributed by atoms with Crippen molar-refractivity contribution in [2.24, 2.45) is 5.10 Å². The first kappa shape index (κ1) is 18.7. The lowest BCUT2D eigenvalue weighted by molar-refractivity contribution is -0.394. The van der Waals surface area contributed by atoms with Crippen LogP contribution >= 0.6 is 0 Å². The molecule has 1 amide bonds. The summed E-state index contributed by atoms with van der Waals surface area (Å²) in [6.07, 6.45) is 1.12. The summed E-state index contributed by atoms with van der Waals surface area (Å²) in [5.41, 5.74) is 2.75. The highest BCUT2D eigenvalue weighted by Gasteiger charge is 2.19. The van der Waals surface area contributed by atoms with Crippen LogP contribution in [0.5, 0.6) is 0 Å². The second-order valence-electron chi connectivity index (χ2n) is 5.39. The number of non-ortho nitro benzene ring substituents is 2. The zero-order valence-electron chi connectivity index (χ0n) is 13.9. The minimum absolute atomic E-state index is 0.204. The molecule has 0 aliphatic heterocycles. The van der Waals surface area contributed by atoms with Gasteiger partial charge in [-0.15, -0.1) is 0 Å². The van der Waals surface area contributed by atoms with Crippen LogP contribution in [0.15, 0.2) is 53.6 Å². The Hall–Kier alpha value is -3.62. The van der Waals surface area contributed by atoms with Crippen LogP contribution in [0, 0.1) is 20.2 Å². The number of nitro groups is 2. The van der Waals surface area contributed by atoms with Gasteiger partial charge < -0.3 is 0 Å². The highest BCUT2D eigenvalue weighted by Crippen LogP contribution is 2.22. The molecule has 0 spiro atoms. The van der Waals surface area contributed by atoms with Crippen LogP contribution in [-0.2, 0) is 6.42 Å². The fourth-order valence-electron chi connectivity index (χ4n) is 2.21. The third-order valence-electron chi connectivity index (χ3n) is 3.56. The SMILES string of the molecule is CC/C(Cc1ccccc1)=N\NC(=O)c1cc([N+](=O)[O-])cc([N+](=O)[O-])c1. The summed E-state index contributed by atoms with van der Waals surface area (Å²) in [6, 6.07) is 12.3. The van der Waals surface area contributed by atoms with Gasteiger partial charge in [-0.2, -0.15) is 5.10 Å². The van der Waals surface area contributed by atoms with Crippen molar-refractivity contribution in [2.45, 2.75) is 19.8 Å². The lowest BCUT2D eigenvalue weighted by Crippen LogP contribution is -2.20. The summed E-state index contributed by atoms with van der Waals surface area (Å²) >= 11 is 0. The number of hydrogen-bond donors (Lipinski definition) is 1. The van der Waals surface area contributed by atoms with Gasteiger partial charge in [0.2, 0.25) is 0 Å². The highest BCUT2D eigenvalue weighted by molar-refractivity contribution is 5.96. The van der Waals surface area contributed by atoms with Crippen LogP contribution in [0.1, 0.15) is 29.3 Å². The molecule has 2 aromatic carbocycles. The predicted octanol–water partition coefficient (Wildman–Crippen LogP) is 3.24. The summed E-state index contributed by atoms with van der Waals surface area (Å²) in [7, 11) is 0. The van der Waals surface area contributed by atoms with Crippen LogP contribution in [0.2, 0.25) is 0 Å². The molecule has 0 fully saturated rings. The topological polar surface area (TPSA) is 128 Å². The standard InChI is InChI=1S/C17H16N4O5/c1-2-14(8-12-6-4-3-5-7-12)18-19-17(22)13-9-15(20(23)24)11-16(10-13)21(25)26/h3-7,9-11H,2,8H2,1H3,(H,19,22)/b18-14+. The Morgan fingerprint density at radius 3 is 2.12 bits per heavy atom. The molecule has 1 N–H and O–H groups in total. The average molecular weight is 356 g/mol. The minimum atomic E-state index is -0.792. The van der Waals surface area contributed by atoms with Gasteiger partial charge in [-0.25, -0.2) is 5.43 Å². The van der Waals surface area contributed by atoms with E-state index in [0.717, 1.165) is 23.8 Å². The number of hydrogen-bond acceptors (Lipinski definition) is 6. The van der Waals surface area contributed by atoms with Crippen molar-refractivity contribution in [3.8, 4) is 0 Å². The maximum atomic E-state index is 12.2. The van der Waals surface area contributed by atoms with Gasteiger partial charge >= 0.3 is 0 Å². The molecule has 0 aliphatic rings. The van der Waals surface area contributed by atoms with Gasteiger partial charge in [0.1, 0.15) is 0 Å². The lowest BCUT2D eigenvalue weighted by Gasteiger charge is -2.06. The summed E-state index contributed by atoms with van der Waals surface area (Å²) in [4.78, 5) is 32.4. The van der Waals surface area contributed by atoms with Crippen LogP contribution in [0.4, 0.5) is 11.4 Å². The molecule has 2 aromatic rings. The van der Waals surface area contributed by atoms with Crippen molar-refractivity contribution in [1.29, 1.82) is 0 Å². The molecule has 0 unspecified atom stereocenters. The van der Waals surface area contributed by atoms with Crippen LogP contribution in [0.25, 0.3) is 0 Å². The molecule has 0 atom stereocenters. The molecule has 0 radical (unpaired) electrons. The van der Waals surface area contributed by atoms with E-state index in [1.54, 1.807) is 0 Å². The van der Waals surface area contributed by atoms with Gasteiger partial charge in [-0.05, 0) is 12.0 Å². The molecular formula is C17H16N4O5. The van der Waals surface area contributed by atoms with E-state index in [-0.39, 0.29) is 5.56 Å². The van der Waals surface area contributed by atoms with Gasteiger partial charge in [0, 0.05) is 24.3 Å². The average Bonchev–Trinajstić information content (AvgIpc) is 2.65. The fourth-order valence-corrected chi connectivity index (χ4v) is 2.21. The van der Waals surface area contributed by atoms with Crippen molar-refractivity contribution in [1.82, 2.24) is 5.43 Å². The fraction of sp³-hybridized carbons (Fsp3) is 0.176. The summed E-state index contributed by atoms with van der Waals surface area (Å²) in [5.74, 6) is -0.754. The van der Waals surface area contributed by atoms with E-state index < -0.39 is 27.1 Å². The highest BCUT2D eigenvalue weighted by atomic mass is 16.6. The number of amides is 1. The second-order valence-corrected chi connectivity index (χ2v) is 5.39. The third-order valence-corrected chi connectivity index (χ3v) is 3.56. The first-order chi connectivity index (χ1) is 12.4. The number of benzene rings is 2. The van der Waals surface area contributed by atoms with Gasteiger partial charge in [0.25, 0.3) is 17.3 Å². The summed E-state index contributed by atoms with van der Waals surface area (Å²) < 4.78 is 0. The van der Waals surface area contributed by atoms with E-state index in [4.69, 9.17) is 0 Å².